The van der Waals surface area contributed by atoms with Gasteiger partial charge in [-0.2, -0.15) is 0 Å². The number of nitrogens with one attached hydrogen (secondary N) is 1. The second kappa shape index (κ2) is 2.83. The lowest BCUT2D eigenvalue weighted by atomic mass is 10.3. The van der Waals surface area contributed by atoms with Crippen LogP contribution < -0.4 is 5.32 Å². The third kappa shape index (κ3) is 1.62. The Bertz CT molecular complexity index is 359. The lowest BCUT2D eigenvalue weighted by Gasteiger charge is -2.11. The molecule has 1 rings (SSSR count). The highest BCUT2D eigenvalue weighted by atomic mass is 35.7. The first kappa shape index (κ1) is 9.14. The van der Waals surface area contributed by atoms with Gasteiger partial charge >= 0.3 is 0 Å². The van der Waals surface area contributed by atoms with Gasteiger partial charge in [-0.05, 0) is 0 Å². The monoisotopic (exact) mass is 210 g/mol. The normalized spacial score (nSPS) is 23.9. The van der Waals surface area contributed by atoms with Gasteiger partial charge in [-0.1, -0.05) is 0 Å². The Kier molecular flexibility index (Phi) is 2.16. The van der Waals surface area contributed by atoms with Crippen LogP contribution in [0.1, 0.15) is 0 Å². The fourth-order valence-corrected chi connectivity index (χ4v) is 1.76. The molecule has 1 aliphatic heterocycles. The van der Waals surface area contributed by atoms with E-state index in [0.29, 0.717) is 0 Å². The van der Waals surface area contributed by atoms with Crippen molar-refractivity contribution < 1.29 is 18.0 Å². The number of nitrogens with zero attached hydrogens (tertiary/aromatic N) is 1. The van der Waals surface area contributed by atoms with Gasteiger partial charge < -0.3 is 5.32 Å². The largest absolute Gasteiger partial charge is 0.315 e. The van der Waals surface area contributed by atoms with Crippen molar-refractivity contribution >= 4 is 37.9 Å². The van der Waals surface area contributed by atoms with Crippen molar-refractivity contribution in [2.75, 3.05) is 0 Å². The number of amides is 2. The van der Waals surface area contributed by atoms with E-state index in [1.165, 1.54) is 0 Å². The molecule has 0 aromatic rings. The molecule has 0 saturated carbocycles. The van der Waals surface area contributed by atoms with E-state index in [2.05, 4.69) is 4.99 Å². The average Bonchev–Trinajstić information content (AvgIpc) is 1.82. The van der Waals surface area contributed by atoms with Gasteiger partial charge in [0.05, 0.1) is 6.34 Å². The minimum Gasteiger partial charge on any atom is -0.315 e. The van der Waals surface area contributed by atoms with Gasteiger partial charge in [-0.25, -0.2) is 13.4 Å². The van der Waals surface area contributed by atoms with Crippen LogP contribution in [0.2, 0.25) is 0 Å². The van der Waals surface area contributed by atoms with E-state index in [-0.39, 0.29) is 0 Å². The lowest BCUT2D eigenvalue weighted by Crippen LogP contribution is -2.45. The van der Waals surface area contributed by atoms with Crippen molar-refractivity contribution in [1.29, 1.82) is 0 Å². The van der Waals surface area contributed by atoms with Gasteiger partial charge in [0.2, 0.25) is 5.25 Å². The fourth-order valence-electron chi connectivity index (χ4n) is 0.663. The first-order chi connectivity index (χ1) is 5.43. The molecule has 6 nitrogen and oxygen atoms in total. The standard InChI is InChI=1S/C4H3ClN2O4S/c5-12(10,11)2-3(8)6-1-7-4(2)9/h1-2H,(H,6,7,8,9). The zero-order valence-electron chi connectivity index (χ0n) is 5.52. The molecule has 1 unspecified atom stereocenters. The molecule has 1 N–H and O–H groups in total. The average molecular weight is 211 g/mol. The topological polar surface area (TPSA) is 92.7 Å². The minimum absolute atomic E-state index is 0.823. The van der Waals surface area contributed by atoms with Gasteiger partial charge in [0.1, 0.15) is 0 Å². The number of aliphatic imine (C=N–C) groups is 1. The Balaban J connectivity index is 3.12. The maximum atomic E-state index is 10.8. The highest BCUT2D eigenvalue weighted by Gasteiger charge is 2.39. The molecule has 0 radical (unpaired) electrons. The van der Waals surface area contributed by atoms with Gasteiger partial charge in [-0.3, -0.25) is 9.59 Å². The maximum absolute atomic E-state index is 10.8. The first-order valence-electron chi connectivity index (χ1n) is 2.73. The van der Waals surface area contributed by atoms with E-state index in [1.807, 2.05) is 5.32 Å². The minimum atomic E-state index is -4.23. The third-order valence-electron chi connectivity index (χ3n) is 1.14. The Morgan fingerprint density at radius 1 is 1.50 bits per heavy atom. The molecule has 0 spiro atoms. The summed E-state index contributed by atoms with van der Waals surface area (Å²) in [7, 11) is 0.591. The van der Waals surface area contributed by atoms with E-state index in [0.717, 1.165) is 6.34 Å². The number of rotatable bonds is 1. The summed E-state index contributed by atoms with van der Waals surface area (Å²) in [5.41, 5.74) is 0. The Morgan fingerprint density at radius 3 is 2.42 bits per heavy atom. The van der Waals surface area contributed by atoms with E-state index in [9.17, 15) is 18.0 Å². The van der Waals surface area contributed by atoms with E-state index in [1.54, 1.807) is 0 Å². The van der Waals surface area contributed by atoms with E-state index < -0.39 is 26.1 Å². The molecule has 0 bridgehead atoms. The molecule has 2 amide bonds. The molecule has 0 aromatic heterocycles. The zero-order chi connectivity index (χ0) is 9.35. The number of hydrogen-bond donors (Lipinski definition) is 1. The van der Waals surface area contributed by atoms with Gasteiger partial charge in [0.15, 0.2) is 0 Å². The van der Waals surface area contributed by atoms with Crippen LogP contribution in [-0.4, -0.2) is 31.8 Å². The van der Waals surface area contributed by atoms with Crippen LogP contribution in [0.4, 0.5) is 0 Å². The molecule has 1 aliphatic rings. The second-order valence-corrected chi connectivity index (χ2v) is 4.67. The van der Waals surface area contributed by atoms with Gasteiger partial charge in [0, 0.05) is 10.7 Å². The fraction of sp³-hybridized carbons (Fsp3) is 0.250. The number of carbonyl (C=O) groups excluding carboxylic acids is 2. The molecule has 66 valence electrons. The molecule has 12 heavy (non-hydrogen) atoms. The summed E-state index contributed by atoms with van der Waals surface area (Å²) in [5.74, 6) is -2.06. The van der Waals surface area contributed by atoms with Crippen LogP contribution in [0.15, 0.2) is 4.99 Å². The Morgan fingerprint density at radius 2 is 2.08 bits per heavy atom. The predicted molar refractivity (Wildman–Crippen MR) is 40.2 cm³/mol. The van der Waals surface area contributed by atoms with Crippen molar-refractivity contribution in [1.82, 2.24) is 5.32 Å². The molecule has 0 aliphatic carbocycles. The zero-order valence-corrected chi connectivity index (χ0v) is 7.09. The Hall–Kier alpha value is -0.950. The third-order valence-corrected chi connectivity index (χ3v) is 2.66. The lowest BCUT2D eigenvalue weighted by molar-refractivity contribution is -0.126. The number of carbonyl (C=O) groups is 2. The molecule has 0 aromatic carbocycles. The van der Waals surface area contributed by atoms with Crippen molar-refractivity contribution in [3.05, 3.63) is 0 Å². The quantitative estimate of drug-likeness (QED) is 0.426. The molecule has 1 heterocycles. The van der Waals surface area contributed by atoms with Crippen molar-refractivity contribution in [3.8, 4) is 0 Å². The van der Waals surface area contributed by atoms with Gasteiger partial charge in [-0.15, -0.1) is 0 Å². The summed E-state index contributed by atoms with van der Waals surface area (Å²) < 4.78 is 21.2. The molecule has 0 fully saturated rings. The maximum Gasteiger partial charge on any atom is 0.276 e. The Labute approximate surface area is 72.0 Å². The van der Waals surface area contributed by atoms with E-state index >= 15 is 0 Å². The summed E-state index contributed by atoms with van der Waals surface area (Å²) in [5, 5.41) is 0.0412. The summed E-state index contributed by atoms with van der Waals surface area (Å²) in [6.07, 6.45) is 0.823. The van der Waals surface area contributed by atoms with E-state index in [4.69, 9.17) is 10.7 Å². The highest BCUT2D eigenvalue weighted by Crippen LogP contribution is 2.10. The summed E-state index contributed by atoms with van der Waals surface area (Å²) in [6, 6.07) is 0. The van der Waals surface area contributed by atoms with Crippen molar-refractivity contribution in [2.24, 2.45) is 4.99 Å². The van der Waals surface area contributed by atoms with Crippen LogP contribution in [0.3, 0.4) is 0 Å². The number of hydrogen-bond acceptors (Lipinski definition) is 4. The summed E-state index contributed by atoms with van der Waals surface area (Å²) in [4.78, 5) is 24.6. The second-order valence-electron chi connectivity index (χ2n) is 1.96. The molecular formula is C4H3ClN2O4S. The van der Waals surface area contributed by atoms with Crippen molar-refractivity contribution in [3.63, 3.8) is 0 Å². The van der Waals surface area contributed by atoms with Crippen molar-refractivity contribution in [2.45, 2.75) is 5.25 Å². The molecule has 0 saturated heterocycles. The van der Waals surface area contributed by atoms with Gasteiger partial charge in [0.25, 0.3) is 20.9 Å². The molecular weight excluding hydrogens is 208 g/mol. The van der Waals surface area contributed by atoms with Crippen LogP contribution in [0, 0.1) is 0 Å². The number of halogens is 1. The smallest absolute Gasteiger partial charge is 0.276 e. The SMILES string of the molecule is O=C1N=CNC(=O)C1S(=O)(=O)Cl. The predicted octanol–water partition coefficient (Wildman–Crippen LogP) is -1.39. The molecule has 1 atom stereocenters. The van der Waals surface area contributed by atoms with Crippen LogP contribution >= 0.6 is 10.7 Å². The first-order valence-corrected chi connectivity index (χ1v) is 5.10. The highest BCUT2D eigenvalue weighted by molar-refractivity contribution is 8.15. The summed E-state index contributed by atoms with van der Waals surface area (Å²) >= 11 is 0. The van der Waals surface area contributed by atoms with Crippen LogP contribution in [0.25, 0.3) is 0 Å². The summed E-state index contributed by atoms with van der Waals surface area (Å²) in [6.45, 7) is 0. The van der Waals surface area contributed by atoms with Crippen LogP contribution in [0.5, 0.6) is 0 Å². The molecule has 8 heteroatoms. The van der Waals surface area contributed by atoms with Crippen LogP contribution in [-0.2, 0) is 18.6 Å².